The molecule has 4 fully saturated rings. The highest BCUT2D eigenvalue weighted by Gasteiger charge is 2.65. The summed E-state index contributed by atoms with van der Waals surface area (Å²) in [7, 11) is -1.83. The van der Waals surface area contributed by atoms with Crippen molar-refractivity contribution in [2.75, 3.05) is 6.61 Å². The van der Waals surface area contributed by atoms with Crippen molar-refractivity contribution < 1.29 is 19.1 Å². The third-order valence-corrected chi connectivity index (χ3v) is 18.1. The number of carbonyl (C=O) groups is 1. The Labute approximate surface area is 250 Å². The highest BCUT2D eigenvalue weighted by molar-refractivity contribution is 6.74. The molecule has 1 aromatic rings. The van der Waals surface area contributed by atoms with Gasteiger partial charge in [0.2, 0.25) is 0 Å². The van der Waals surface area contributed by atoms with Crippen molar-refractivity contribution in [3.63, 3.8) is 0 Å². The second-order valence-corrected chi connectivity index (χ2v) is 21.2. The molecule has 232 valence electrons. The Bertz CT molecular complexity index is 1070. The van der Waals surface area contributed by atoms with Crippen LogP contribution in [0.3, 0.4) is 0 Å². The first kappa shape index (κ1) is 31.2. The van der Waals surface area contributed by atoms with E-state index in [1.165, 1.54) is 49.4 Å². The van der Waals surface area contributed by atoms with E-state index < -0.39 is 8.32 Å². The summed E-state index contributed by atoms with van der Waals surface area (Å²) in [6, 6.07) is 0. The molecule has 4 aliphatic carbocycles. The van der Waals surface area contributed by atoms with Crippen LogP contribution in [0.4, 0.5) is 4.79 Å². The van der Waals surface area contributed by atoms with Crippen molar-refractivity contribution >= 4 is 14.4 Å². The maximum atomic E-state index is 12.5. The lowest BCUT2D eigenvalue weighted by molar-refractivity contribution is -0.202. The molecule has 1 heterocycles. The summed E-state index contributed by atoms with van der Waals surface area (Å²) >= 11 is 0. The molecule has 11 atom stereocenters. The average Bonchev–Trinajstić information content (AvgIpc) is 3.55. The molecule has 4 saturated carbocycles. The number of hydrogen-bond acceptors (Lipinski definition) is 5. The Morgan fingerprint density at radius 1 is 1.10 bits per heavy atom. The van der Waals surface area contributed by atoms with E-state index in [0.717, 1.165) is 12.8 Å². The number of hydrogen-bond donors (Lipinski definition) is 1. The minimum Gasteiger partial charge on any atom is -0.449 e. The summed E-state index contributed by atoms with van der Waals surface area (Å²) in [6.07, 6.45) is 13.8. The van der Waals surface area contributed by atoms with Crippen LogP contribution in [0.2, 0.25) is 18.1 Å². The van der Waals surface area contributed by atoms with Crippen LogP contribution >= 0.6 is 0 Å². The van der Waals surface area contributed by atoms with Crippen LogP contribution < -0.4 is 0 Å². The van der Waals surface area contributed by atoms with Crippen LogP contribution in [0.15, 0.2) is 18.7 Å². The van der Waals surface area contributed by atoms with Gasteiger partial charge in [-0.2, -0.15) is 0 Å². The maximum Gasteiger partial charge on any atom is 0.419 e. The molecule has 0 bridgehead atoms. The zero-order chi connectivity index (χ0) is 30.0. The van der Waals surface area contributed by atoms with Gasteiger partial charge in [-0.25, -0.2) is 14.3 Å². The Kier molecular flexibility index (Phi) is 8.44. The molecular weight excluding hydrogens is 528 g/mol. The molecule has 7 heteroatoms. The number of ether oxygens (including phenoxy) is 1. The van der Waals surface area contributed by atoms with Gasteiger partial charge < -0.3 is 14.3 Å². The van der Waals surface area contributed by atoms with Crippen LogP contribution in [-0.2, 0) is 9.16 Å². The van der Waals surface area contributed by atoms with Crippen molar-refractivity contribution in [1.29, 1.82) is 0 Å². The van der Waals surface area contributed by atoms with Gasteiger partial charge in [0.05, 0.1) is 12.7 Å². The van der Waals surface area contributed by atoms with Crippen LogP contribution in [0.5, 0.6) is 0 Å². The third-order valence-electron chi connectivity index (χ3n) is 13.6. The van der Waals surface area contributed by atoms with Crippen LogP contribution in [-0.4, -0.2) is 47.9 Å². The largest absolute Gasteiger partial charge is 0.449 e. The van der Waals surface area contributed by atoms with Crippen molar-refractivity contribution in [3.8, 4) is 0 Å². The summed E-state index contributed by atoms with van der Waals surface area (Å²) in [5.41, 5.74) is 0.469. The second kappa shape index (κ2) is 11.1. The number of nitrogens with zero attached hydrogens (tertiary/aromatic N) is 2. The van der Waals surface area contributed by atoms with Gasteiger partial charge >= 0.3 is 6.09 Å². The van der Waals surface area contributed by atoms with Crippen molar-refractivity contribution in [2.24, 2.45) is 52.3 Å². The molecule has 4 aliphatic rings. The predicted octanol–water partition coefficient (Wildman–Crippen LogP) is 8.16. The van der Waals surface area contributed by atoms with E-state index in [-0.39, 0.29) is 28.1 Å². The Balaban J connectivity index is 1.32. The zero-order valence-electron chi connectivity index (χ0n) is 27.4. The number of imidazole rings is 1. The van der Waals surface area contributed by atoms with Crippen molar-refractivity contribution in [1.82, 2.24) is 9.55 Å². The number of carbonyl (C=O) groups excluding carboxylic acids is 1. The topological polar surface area (TPSA) is 73.6 Å². The molecule has 0 radical (unpaired) electrons. The number of aliphatic hydroxyl groups is 1. The maximum absolute atomic E-state index is 12.5. The molecule has 0 aromatic carbocycles. The standard InChI is InChI=1S/C34H58N2O4Si/c1-10-24-28-19-23(40-41(8,9)32(3,4)5)13-15-34(28,7)27-14-16-33(6)25(11-12-26(33)29(27)30(24)37)22(2)20-39-31(38)36-18-17-35-21-36/h17-18,21-30,37H,10-16,19-20H2,1-9H3/t22-,23?,24-,25-,26?,27?,28?,29+,30-,33-,34-/m1/s1. The molecule has 0 spiro atoms. The zero-order valence-corrected chi connectivity index (χ0v) is 28.4. The Morgan fingerprint density at radius 3 is 2.41 bits per heavy atom. The smallest absolute Gasteiger partial charge is 0.419 e. The third kappa shape index (κ3) is 5.28. The highest BCUT2D eigenvalue weighted by atomic mass is 28.4. The summed E-state index contributed by atoms with van der Waals surface area (Å²) in [6.45, 7) is 21.9. The van der Waals surface area contributed by atoms with Gasteiger partial charge in [0.1, 0.15) is 6.33 Å². The molecule has 5 rings (SSSR count). The molecule has 6 nitrogen and oxygen atoms in total. The normalized spacial score (nSPS) is 41.7. The van der Waals surface area contributed by atoms with Crippen LogP contribution in [0, 0.1) is 52.3 Å². The van der Waals surface area contributed by atoms with E-state index in [1.54, 1.807) is 12.4 Å². The lowest BCUT2D eigenvalue weighted by atomic mass is 9.41. The first-order valence-corrected chi connectivity index (χ1v) is 19.6. The Hall–Kier alpha value is -1.18. The number of fused-ring (bicyclic) bond motifs is 5. The molecule has 1 N–H and O–H groups in total. The van der Waals surface area contributed by atoms with Gasteiger partial charge in [0, 0.05) is 18.5 Å². The first-order chi connectivity index (χ1) is 19.1. The highest BCUT2D eigenvalue weighted by Crippen LogP contribution is 2.69. The van der Waals surface area contributed by atoms with E-state index >= 15 is 0 Å². The van der Waals surface area contributed by atoms with Gasteiger partial charge in [-0.1, -0.05) is 54.9 Å². The van der Waals surface area contributed by atoms with Gasteiger partial charge in [-0.3, -0.25) is 0 Å². The summed E-state index contributed by atoms with van der Waals surface area (Å²) in [5.74, 6) is 3.20. The molecule has 41 heavy (non-hydrogen) atoms. The summed E-state index contributed by atoms with van der Waals surface area (Å²) in [5, 5.41) is 12.4. The summed E-state index contributed by atoms with van der Waals surface area (Å²) in [4.78, 5) is 16.4. The monoisotopic (exact) mass is 586 g/mol. The fourth-order valence-electron chi connectivity index (χ4n) is 10.4. The SMILES string of the molecule is CC[C@@H]1C2CC(O[Si](C)(C)C(C)(C)C)CC[C@]2(C)C2CC[C@@]3(C)C(CC[C@@H]3[C@H](C)COC(=O)n3ccnc3)[C@@H]2[C@@H]1O. The molecule has 0 amide bonds. The average molecular weight is 587 g/mol. The van der Waals surface area contributed by atoms with Crippen molar-refractivity contribution in [3.05, 3.63) is 18.7 Å². The lowest BCUT2D eigenvalue weighted by Gasteiger charge is -2.65. The number of aromatic nitrogens is 2. The van der Waals surface area contributed by atoms with E-state index in [4.69, 9.17) is 9.16 Å². The number of rotatable bonds is 6. The minimum absolute atomic E-state index is 0.188. The van der Waals surface area contributed by atoms with E-state index in [0.29, 0.717) is 54.1 Å². The second-order valence-electron chi connectivity index (χ2n) is 16.5. The molecule has 4 unspecified atom stereocenters. The summed E-state index contributed by atoms with van der Waals surface area (Å²) < 4.78 is 14.1. The van der Waals surface area contributed by atoms with Gasteiger partial charge in [0.15, 0.2) is 8.32 Å². The quantitative estimate of drug-likeness (QED) is 0.341. The van der Waals surface area contributed by atoms with Gasteiger partial charge in [0.25, 0.3) is 0 Å². The molecule has 0 saturated heterocycles. The van der Waals surface area contributed by atoms with E-state index in [2.05, 4.69) is 66.5 Å². The minimum atomic E-state index is -1.83. The van der Waals surface area contributed by atoms with Gasteiger partial charge in [-0.15, -0.1) is 0 Å². The Morgan fingerprint density at radius 2 is 1.78 bits per heavy atom. The van der Waals surface area contributed by atoms with Crippen LogP contribution in [0.25, 0.3) is 0 Å². The molecule has 0 aliphatic heterocycles. The van der Waals surface area contributed by atoms with E-state index in [1.807, 2.05) is 0 Å². The van der Waals surface area contributed by atoms with Gasteiger partial charge in [-0.05, 0) is 115 Å². The van der Waals surface area contributed by atoms with Crippen LogP contribution in [0.1, 0.15) is 99.8 Å². The predicted molar refractivity (Wildman–Crippen MR) is 166 cm³/mol. The fraction of sp³-hybridized carbons (Fsp3) is 0.882. The lowest BCUT2D eigenvalue weighted by Crippen LogP contribution is -2.62. The first-order valence-electron chi connectivity index (χ1n) is 16.6. The fourth-order valence-corrected chi connectivity index (χ4v) is 11.8. The molecular formula is C34H58N2O4Si. The molecule has 1 aromatic heterocycles. The van der Waals surface area contributed by atoms with Crippen molar-refractivity contribution in [2.45, 2.75) is 130 Å². The van der Waals surface area contributed by atoms with E-state index in [9.17, 15) is 9.90 Å². The number of aliphatic hydroxyl groups excluding tert-OH is 1.